The predicted octanol–water partition coefficient (Wildman–Crippen LogP) is 1.18. The Kier molecular flexibility index (Phi) is 5.62. The van der Waals surface area contributed by atoms with E-state index in [1.807, 2.05) is 0 Å². The fraction of sp³-hybridized carbons (Fsp3) is 0.556. The van der Waals surface area contributed by atoms with Crippen molar-refractivity contribution in [2.24, 2.45) is 0 Å². The molecule has 1 saturated heterocycles. The molecule has 2 aliphatic rings. The summed E-state index contributed by atoms with van der Waals surface area (Å²) in [6.45, 7) is 2.64. The largest absolute Gasteiger partial charge is 0.352 e. The zero-order valence-electron chi connectivity index (χ0n) is 15.0. The lowest BCUT2D eigenvalue weighted by atomic mass is 10.1. The lowest BCUT2D eigenvalue weighted by molar-refractivity contribution is -0.120. The van der Waals surface area contributed by atoms with Crippen LogP contribution in [0.2, 0.25) is 0 Å². The minimum absolute atomic E-state index is 0.114. The summed E-state index contributed by atoms with van der Waals surface area (Å²) in [5, 5.41) is 5.34. The minimum Gasteiger partial charge on any atom is -0.352 e. The normalized spacial score (nSPS) is 18.3. The van der Waals surface area contributed by atoms with Crippen molar-refractivity contribution in [3.8, 4) is 0 Å². The summed E-state index contributed by atoms with van der Waals surface area (Å²) in [7, 11) is -3.61. The zero-order valence-corrected chi connectivity index (χ0v) is 15.8. The number of rotatable bonds is 6. The van der Waals surface area contributed by atoms with Crippen LogP contribution in [0.3, 0.4) is 0 Å². The van der Waals surface area contributed by atoms with E-state index in [-0.39, 0.29) is 29.0 Å². The molecular weight excluding hydrogens is 354 g/mol. The SMILES string of the molecule is Cc1ccc(C(=O)NCC(=O)NC2CC2)cc1S(=O)(=O)N1CCCCC1. The van der Waals surface area contributed by atoms with Crippen molar-refractivity contribution in [3.63, 3.8) is 0 Å². The van der Waals surface area contributed by atoms with Gasteiger partial charge < -0.3 is 10.6 Å². The maximum atomic E-state index is 12.9. The maximum Gasteiger partial charge on any atom is 0.251 e. The van der Waals surface area contributed by atoms with Gasteiger partial charge in [-0.15, -0.1) is 0 Å². The van der Waals surface area contributed by atoms with Gasteiger partial charge in [-0.25, -0.2) is 8.42 Å². The molecular formula is C18H25N3O4S. The van der Waals surface area contributed by atoms with E-state index in [1.165, 1.54) is 10.4 Å². The molecule has 1 aromatic carbocycles. The Balaban J connectivity index is 1.71. The summed E-state index contributed by atoms with van der Waals surface area (Å²) >= 11 is 0. The smallest absolute Gasteiger partial charge is 0.251 e. The van der Waals surface area contributed by atoms with Crippen LogP contribution in [0, 0.1) is 6.92 Å². The fourth-order valence-corrected chi connectivity index (χ4v) is 4.80. The van der Waals surface area contributed by atoms with E-state index in [1.54, 1.807) is 19.1 Å². The average Bonchev–Trinajstić information content (AvgIpc) is 3.44. The van der Waals surface area contributed by atoms with Gasteiger partial charge in [0.2, 0.25) is 15.9 Å². The number of nitrogens with zero attached hydrogens (tertiary/aromatic N) is 1. The van der Waals surface area contributed by atoms with Crippen LogP contribution in [0.15, 0.2) is 23.1 Å². The minimum atomic E-state index is -3.61. The second-order valence-corrected chi connectivity index (χ2v) is 8.88. The van der Waals surface area contributed by atoms with E-state index in [0.29, 0.717) is 18.7 Å². The van der Waals surface area contributed by atoms with E-state index >= 15 is 0 Å². The number of nitrogens with one attached hydrogen (secondary N) is 2. The first-order valence-corrected chi connectivity index (χ1v) is 10.5. The standard InChI is InChI=1S/C18H25N3O4S/c1-13-5-6-14(18(23)19-12-17(22)20-15-7-8-15)11-16(13)26(24,25)21-9-3-2-4-10-21/h5-6,11,15H,2-4,7-10,12H2,1H3,(H,19,23)(H,20,22). The van der Waals surface area contributed by atoms with Gasteiger partial charge in [-0.2, -0.15) is 4.31 Å². The highest BCUT2D eigenvalue weighted by Crippen LogP contribution is 2.24. The Morgan fingerprint density at radius 3 is 2.50 bits per heavy atom. The highest BCUT2D eigenvalue weighted by atomic mass is 32.2. The first-order valence-electron chi connectivity index (χ1n) is 9.06. The number of hydrogen-bond acceptors (Lipinski definition) is 4. The van der Waals surface area contributed by atoms with Gasteiger partial charge >= 0.3 is 0 Å². The molecule has 8 heteroatoms. The number of hydrogen-bond donors (Lipinski definition) is 2. The molecule has 142 valence electrons. The van der Waals surface area contributed by atoms with Crippen LogP contribution in [0.5, 0.6) is 0 Å². The Bertz CT molecular complexity index is 797. The van der Waals surface area contributed by atoms with Gasteiger partial charge in [0.15, 0.2) is 0 Å². The highest BCUT2D eigenvalue weighted by molar-refractivity contribution is 7.89. The van der Waals surface area contributed by atoms with E-state index < -0.39 is 15.9 Å². The number of piperidine rings is 1. The van der Waals surface area contributed by atoms with E-state index in [0.717, 1.165) is 32.1 Å². The Hall–Kier alpha value is -1.93. The van der Waals surface area contributed by atoms with Crippen LogP contribution < -0.4 is 10.6 Å². The van der Waals surface area contributed by atoms with E-state index in [4.69, 9.17) is 0 Å². The van der Waals surface area contributed by atoms with Gasteiger partial charge in [-0.3, -0.25) is 9.59 Å². The molecule has 0 radical (unpaired) electrons. The van der Waals surface area contributed by atoms with Crippen LogP contribution in [0.25, 0.3) is 0 Å². The highest BCUT2D eigenvalue weighted by Gasteiger charge is 2.28. The zero-order chi connectivity index (χ0) is 18.7. The number of aryl methyl sites for hydroxylation is 1. The number of sulfonamides is 1. The van der Waals surface area contributed by atoms with Gasteiger partial charge in [0.1, 0.15) is 0 Å². The monoisotopic (exact) mass is 379 g/mol. The molecule has 7 nitrogen and oxygen atoms in total. The third-order valence-corrected chi connectivity index (χ3v) is 6.78. The van der Waals surface area contributed by atoms with Crippen molar-refractivity contribution >= 4 is 21.8 Å². The third-order valence-electron chi connectivity index (χ3n) is 4.74. The van der Waals surface area contributed by atoms with Crippen molar-refractivity contribution in [3.05, 3.63) is 29.3 Å². The first-order chi connectivity index (χ1) is 12.4. The molecule has 1 aromatic rings. The lowest BCUT2D eigenvalue weighted by Crippen LogP contribution is -2.38. The van der Waals surface area contributed by atoms with Crippen molar-refractivity contribution < 1.29 is 18.0 Å². The summed E-state index contributed by atoms with van der Waals surface area (Å²) in [5.74, 6) is -0.680. The number of carbonyl (C=O) groups excluding carboxylic acids is 2. The van der Waals surface area contributed by atoms with Crippen molar-refractivity contribution in [2.45, 2.75) is 50.0 Å². The van der Waals surface area contributed by atoms with Crippen molar-refractivity contribution in [1.82, 2.24) is 14.9 Å². The molecule has 2 amide bonds. The quantitative estimate of drug-likeness (QED) is 0.776. The molecule has 0 aromatic heterocycles. The molecule has 2 N–H and O–H groups in total. The fourth-order valence-electron chi connectivity index (χ4n) is 3.03. The Morgan fingerprint density at radius 2 is 1.85 bits per heavy atom. The molecule has 0 spiro atoms. The van der Waals surface area contributed by atoms with Gasteiger partial charge in [0, 0.05) is 24.7 Å². The summed E-state index contributed by atoms with van der Waals surface area (Å²) in [6.07, 6.45) is 4.71. The van der Waals surface area contributed by atoms with Crippen LogP contribution >= 0.6 is 0 Å². The van der Waals surface area contributed by atoms with Crippen LogP contribution in [-0.4, -0.2) is 50.2 Å². The molecule has 1 heterocycles. The maximum absolute atomic E-state index is 12.9. The van der Waals surface area contributed by atoms with Crippen LogP contribution in [0.1, 0.15) is 48.0 Å². The summed E-state index contributed by atoms with van der Waals surface area (Å²) in [4.78, 5) is 24.2. The Morgan fingerprint density at radius 1 is 1.15 bits per heavy atom. The first kappa shape index (κ1) is 18.8. The second-order valence-electron chi connectivity index (χ2n) is 6.97. The second kappa shape index (κ2) is 7.75. The molecule has 1 aliphatic heterocycles. The number of carbonyl (C=O) groups is 2. The van der Waals surface area contributed by atoms with E-state index in [9.17, 15) is 18.0 Å². The van der Waals surface area contributed by atoms with Crippen molar-refractivity contribution in [1.29, 1.82) is 0 Å². The molecule has 3 rings (SSSR count). The van der Waals surface area contributed by atoms with Gasteiger partial charge in [-0.1, -0.05) is 12.5 Å². The van der Waals surface area contributed by atoms with Gasteiger partial charge in [-0.05, 0) is 50.3 Å². The predicted molar refractivity (Wildman–Crippen MR) is 97.3 cm³/mol. The molecule has 1 saturated carbocycles. The lowest BCUT2D eigenvalue weighted by Gasteiger charge is -2.26. The van der Waals surface area contributed by atoms with Gasteiger partial charge in [0.25, 0.3) is 5.91 Å². The number of benzene rings is 1. The van der Waals surface area contributed by atoms with Crippen molar-refractivity contribution in [2.75, 3.05) is 19.6 Å². The molecule has 0 bridgehead atoms. The van der Waals surface area contributed by atoms with Gasteiger partial charge in [0.05, 0.1) is 11.4 Å². The average molecular weight is 379 g/mol. The summed E-state index contributed by atoms with van der Waals surface area (Å²) < 4.78 is 27.3. The summed E-state index contributed by atoms with van der Waals surface area (Å²) in [6, 6.07) is 4.86. The molecule has 1 aliphatic carbocycles. The van der Waals surface area contributed by atoms with Crippen LogP contribution in [0.4, 0.5) is 0 Å². The molecule has 26 heavy (non-hydrogen) atoms. The summed E-state index contributed by atoms with van der Waals surface area (Å²) in [5.41, 5.74) is 0.851. The Labute approximate surface area is 154 Å². The van der Waals surface area contributed by atoms with Crippen LogP contribution in [-0.2, 0) is 14.8 Å². The third kappa shape index (κ3) is 4.42. The molecule has 0 atom stereocenters. The molecule has 0 unspecified atom stereocenters. The number of amides is 2. The van der Waals surface area contributed by atoms with E-state index in [2.05, 4.69) is 10.6 Å². The molecule has 2 fully saturated rings. The topological polar surface area (TPSA) is 95.6 Å².